The Hall–Kier alpha value is -1.28. The van der Waals surface area contributed by atoms with Crippen molar-refractivity contribution in [3.63, 3.8) is 0 Å². The number of carbonyl (C=O) groups excluding carboxylic acids is 3. The van der Waals surface area contributed by atoms with Crippen molar-refractivity contribution in [3.05, 3.63) is 0 Å². The highest BCUT2D eigenvalue weighted by atomic mass is 32.2. The Kier molecular flexibility index (Phi) is 9.91. The number of amides is 2. The number of rotatable bonds is 9. The van der Waals surface area contributed by atoms with Crippen LogP contribution in [0.25, 0.3) is 0 Å². The van der Waals surface area contributed by atoms with E-state index in [1.165, 1.54) is 25.8 Å². The molecule has 0 saturated heterocycles. The summed E-state index contributed by atoms with van der Waals surface area (Å²) in [6.45, 7) is 2.24. The van der Waals surface area contributed by atoms with Crippen LogP contribution in [0, 0.1) is 0 Å². The third-order valence-corrected chi connectivity index (χ3v) is 3.12. The van der Waals surface area contributed by atoms with Crippen molar-refractivity contribution in [3.8, 4) is 0 Å². The van der Waals surface area contributed by atoms with Crippen LogP contribution in [0.4, 0.5) is 0 Å². The van der Waals surface area contributed by atoms with Crippen molar-refractivity contribution in [1.29, 1.82) is 0 Å². The molecule has 1 unspecified atom stereocenters. The highest BCUT2D eigenvalue weighted by Crippen LogP contribution is 2.04. The van der Waals surface area contributed by atoms with Crippen molar-refractivity contribution >= 4 is 29.5 Å². The molecule has 0 spiro atoms. The van der Waals surface area contributed by atoms with E-state index in [1.54, 1.807) is 0 Å². The molecule has 7 nitrogen and oxygen atoms in total. The predicted molar refractivity (Wildman–Crippen MR) is 73.6 cm³/mol. The second kappa shape index (κ2) is 10.6. The van der Waals surface area contributed by atoms with Gasteiger partial charge in [-0.1, -0.05) is 0 Å². The Bertz CT molecular complexity index is 312. The molecule has 0 aliphatic heterocycles. The van der Waals surface area contributed by atoms with Crippen LogP contribution >= 0.6 is 11.8 Å². The Morgan fingerprint density at radius 2 is 1.89 bits per heavy atom. The molecule has 0 aliphatic carbocycles. The summed E-state index contributed by atoms with van der Waals surface area (Å²) in [6, 6.07) is -0.639. The number of thioether (sulfide) groups is 1. The third-order valence-electron chi connectivity index (χ3n) is 2.13. The van der Waals surface area contributed by atoms with E-state index in [-0.39, 0.29) is 11.8 Å². The fourth-order valence-corrected chi connectivity index (χ4v) is 1.99. The molecule has 0 aromatic heterocycles. The molecule has 2 amide bonds. The summed E-state index contributed by atoms with van der Waals surface area (Å²) in [7, 11) is 1.29. The minimum atomic E-state index is -0.639. The van der Waals surface area contributed by atoms with E-state index in [1.807, 2.05) is 0 Å². The summed E-state index contributed by atoms with van der Waals surface area (Å²) in [5.74, 6) is 0.228. The molecule has 4 N–H and O–H groups in total. The first-order valence-corrected chi connectivity index (χ1v) is 7.05. The highest BCUT2D eigenvalue weighted by molar-refractivity contribution is 7.99. The van der Waals surface area contributed by atoms with Crippen molar-refractivity contribution in [1.82, 2.24) is 10.6 Å². The topological polar surface area (TPSA) is 111 Å². The second-order valence-corrected chi connectivity index (χ2v) is 4.91. The van der Waals surface area contributed by atoms with Crippen LogP contribution in [-0.4, -0.2) is 55.5 Å². The predicted octanol–water partition coefficient (Wildman–Crippen LogP) is -1.14. The summed E-state index contributed by atoms with van der Waals surface area (Å²) < 4.78 is 4.49. The monoisotopic (exact) mass is 291 g/mol. The fourth-order valence-electron chi connectivity index (χ4n) is 1.14. The van der Waals surface area contributed by atoms with Gasteiger partial charge in [0.25, 0.3) is 0 Å². The van der Waals surface area contributed by atoms with E-state index >= 15 is 0 Å². The normalized spacial score (nSPS) is 11.5. The average Bonchev–Trinajstić information content (AvgIpc) is 2.38. The lowest BCUT2D eigenvalue weighted by molar-refractivity contribution is -0.142. The van der Waals surface area contributed by atoms with Gasteiger partial charge < -0.3 is 21.1 Å². The molecule has 0 fully saturated rings. The third kappa shape index (κ3) is 10.3. The molecule has 0 bridgehead atoms. The molecule has 0 rings (SSSR count). The summed E-state index contributed by atoms with van der Waals surface area (Å²) in [5.41, 5.74) is 5.54. The van der Waals surface area contributed by atoms with Crippen LogP contribution in [0.5, 0.6) is 0 Å². The van der Waals surface area contributed by atoms with Crippen LogP contribution < -0.4 is 16.4 Å². The quantitative estimate of drug-likeness (QED) is 0.366. The molecule has 0 heterocycles. The number of nitrogens with one attached hydrogen (secondary N) is 2. The lowest BCUT2D eigenvalue weighted by Crippen LogP contribution is -2.35. The maximum Gasteiger partial charge on any atom is 0.322 e. The number of nitrogens with two attached hydrogens (primary N) is 1. The van der Waals surface area contributed by atoms with Crippen molar-refractivity contribution in [2.45, 2.75) is 19.4 Å². The van der Waals surface area contributed by atoms with Gasteiger partial charge in [0.2, 0.25) is 11.8 Å². The van der Waals surface area contributed by atoms with Crippen LogP contribution in [0.15, 0.2) is 0 Å². The number of hydrogen-bond acceptors (Lipinski definition) is 6. The van der Waals surface area contributed by atoms with Gasteiger partial charge in [0.15, 0.2) is 0 Å². The summed E-state index contributed by atoms with van der Waals surface area (Å²) in [5, 5.41) is 5.24. The van der Waals surface area contributed by atoms with Crippen molar-refractivity contribution in [2.75, 3.05) is 31.7 Å². The van der Waals surface area contributed by atoms with Gasteiger partial charge in [-0.2, -0.15) is 11.8 Å². The molecule has 0 aromatic rings. The zero-order chi connectivity index (χ0) is 14.7. The van der Waals surface area contributed by atoms with Gasteiger partial charge in [0.05, 0.1) is 12.9 Å². The minimum absolute atomic E-state index is 0.109. The van der Waals surface area contributed by atoms with Gasteiger partial charge in [0, 0.05) is 20.0 Å². The van der Waals surface area contributed by atoms with Crippen LogP contribution in [0.1, 0.15) is 13.3 Å². The number of hydrogen-bond donors (Lipinski definition) is 3. The highest BCUT2D eigenvalue weighted by Gasteiger charge is 2.13. The summed E-state index contributed by atoms with van der Waals surface area (Å²) in [4.78, 5) is 32.9. The summed E-state index contributed by atoms with van der Waals surface area (Å²) >= 11 is 1.39. The van der Waals surface area contributed by atoms with Gasteiger partial charge in [-0.3, -0.25) is 14.4 Å². The zero-order valence-corrected chi connectivity index (χ0v) is 12.0. The van der Waals surface area contributed by atoms with E-state index in [0.717, 1.165) is 0 Å². The van der Waals surface area contributed by atoms with Crippen LogP contribution in [0.2, 0.25) is 0 Å². The first kappa shape index (κ1) is 17.7. The Labute approximate surface area is 117 Å². The van der Waals surface area contributed by atoms with Gasteiger partial charge in [-0.05, 0) is 12.2 Å². The molecule has 1 atom stereocenters. The van der Waals surface area contributed by atoms with Crippen molar-refractivity contribution < 1.29 is 19.1 Å². The van der Waals surface area contributed by atoms with Crippen molar-refractivity contribution in [2.24, 2.45) is 5.73 Å². The standard InChI is InChI=1S/C11H21N3O4S/c1-8(15)13-4-5-14-10(16)7-19-6-3-9(12)11(17)18-2/h9H,3-7,12H2,1-2H3,(H,13,15)(H,14,16). The van der Waals surface area contributed by atoms with Gasteiger partial charge >= 0.3 is 5.97 Å². The first-order chi connectivity index (χ1) is 8.97. The molecule has 0 saturated carbocycles. The summed E-state index contributed by atoms with van der Waals surface area (Å²) in [6.07, 6.45) is 0.469. The Morgan fingerprint density at radius 1 is 1.26 bits per heavy atom. The van der Waals surface area contributed by atoms with E-state index in [0.29, 0.717) is 31.0 Å². The molecule has 19 heavy (non-hydrogen) atoms. The number of esters is 1. The first-order valence-electron chi connectivity index (χ1n) is 5.89. The van der Waals surface area contributed by atoms with Crippen LogP contribution in [0.3, 0.4) is 0 Å². The smallest absolute Gasteiger partial charge is 0.322 e. The van der Waals surface area contributed by atoms with Gasteiger partial charge in [0.1, 0.15) is 6.04 Å². The molecule has 0 aliphatic rings. The van der Waals surface area contributed by atoms with E-state index in [4.69, 9.17) is 5.73 Å². The molecule has 0 radical (unpaired) electrons. The zero-order valence-electron chi connectivity index (χ0n) is 11.2. The lowest BCUT2D eigenvalue weighted by Gasteiger charge is -2.08. The Balaban J connectivity index is 3.48. The minimum Gasteiger partial charge on any atom is -0.468 e. The second-order valence-electron chi connectivity index (χ2n) is 3.80. The maximum atomic E-state index is 11.4. The van der Waals surface area contributed by atoms with Gasteiger partial charge in [-0.15, -0.1) is 0 Å². The molecule has 110 valence electrons. The number of carbonyl (C=O) groups is 3. The van der Waals surface area contributed by atoms with Gasteiger partial charge in [-0.25, -0.2) is 0 Å². The fraction of sp³-hybridized carbons (Fsp3) is 0.727. The van der Waals surface area contributed by atoms with Crippen LogP contribution in [-0.2, 0) is 19.1 Å². The van der Waals surface area contributed by atoms with E-state index < -0.39 is 12.0 Å². The maximum absolute atomic E-state index is 11.4. The number of methoxy groups -OCH3 is 1. The Morgan fingerprint density at radius 3 is 2.47 bits per heavy atom. The largest absolute Gasteiger partial charge is 0.468 e. The molecule has 0 aromatic carbocycles. The molecule has 8 heteroatoms. The van der Waals surface area contributed by atoms with E-state index in [2.05, 4.69) is 15.4 Å². The number of ether oxygens (including phenoxy) is 1. The van der Waals surface area contributed by atoms with E-state index in [9.17, 15) is 14.4 Å². The lowest BCUT2D eigenvalue weighted by atomic mass is 10.2. The average molecular weight is 291 g/mol. The molecular weight excluding hydrogens is 270 g/mol. The SMILES string of the molecule is COC(=O)C(N)CCSCC(=O)NCCNC(C)=O. The molecular formula is C11H21N3O4S.